The van der Waals surface area contributed by atoms with Crippen LogP contribution in [-0.2, 0) is 0 Å². The van der Waals surface area contributed by atoms with Crippen molar-refractivity contribution in [1.29, 1.82) is 0 Å². The summed E-state index contributed by atoms with van der Waals surface area (Å²) in [5, 5.41) is 5.31. The fourth-order valence-corrected chi connectivity index (χ4v) is 1.93. The van der Waals surface area contributed by atoms with Crippen molar-refractivity contribution in [2.45, 2.75) is 6.92 Å². The normalized spacial score (nSPS) is 10.9. The fourth-order valence-electron chi connectivity index (χ4n) is 1.93. The van der Waals surface area contributed by atoms with E-state index in [2.05, 4.69) is 24.2 Å². The molecule has 0 aliphatic carbocycles. The molecule has 0 saturated heterocycles. The van der Waals surface area contributed by atoms with Crippen molar-refractivity contribution in [2.75, 3.05) is 0 Å². The molecule has 84 valence electrons. The summed E-state index contributed by atoms with van der Waals surface area (Å²) in [5.41, 5.74) is 2.86. The van der Waals surface area contributed by atoms with Gasteiger partial charge in [0, 0.05) is 11.6 Å². The Hall–Kier alpha value is -2.36. The van der Waals surface area contributed by atoms with Gasteiger partial charge in [-0.15, -0.1) is 0 Å². The van der Waals surface area contributed by atoms with E-state index in [1.54, 1.807) is 17.2 Å². The van der Waals surface area contributed by atoms with E-state index < -0.39 is 0 Å². The molecule has 0 fully saturated rings. The molecule has 0 spiro atoms. The van der Waals surface area contributed by atoms with Gasteiger partial charge in [0.1, 0.15) is 0 Å². The van der Waals surface area contributed by atoms with E-state index in [0.717, 1.165) is 17.2 Å². The molecule has 4 nitrogen and oxygen atoms in total. The highest BCUT2D eigenvalue weighted by atomic mass is 16.1. The van der Waals surface area contributed by atoms with Crippen LogP contribution in [0.4, 0.5) is 0 Å². The highest BCUT2D eigenvalue weighted by molar-refractivity contribution is 5.81. The predicted molar refractivity (Wildman–Crippen MR) is 65.1 cm³/mol. The lowest BCUT2D eigenvalue weighted by atomic mass is 10.2. The van der Waals surface area contributed by atoms with Crippen LogP contribution in [0.2, 0.25) is 0 Å². The van der Waals surface area contributed by atoms with Gasteiger partial charge in [-0.2, -0.15) is 9.89 Å². The summed E-state index contributed by atoms with van der Waals surface area (Å²) in [4.78, 5) is 12.3. The molecule has 17 heavy (non-hydrogen) atoms. The van der Waals surface area contributed by atoms with Gasteiger partial charge in [-0.25, -0.2) is 4.68 Å². The Morgan fingerprint density at radius 3 is 2.94 bits per heavy atom. The zero-order valence-corrected chi connectivity index (χ0v) is 9.37. The quantitative estimate of drug-likeness (QED) is 0.628. The maximum atomic E-state index is 10.6. The number of nitrogens with zero attached hydrogens (tertiary/aromatic N) is 3. The SMILES string of the molecule is Cc1ccc2c(ccn2-n2cc(C=O)cn2)c1. The number of aryl methyl sites for hydroxylation is 1. The summed E-state index contributed by atoms with van der Waals surface area (Å²) in [6.45, 7) is 2.06. The lowest BCUT2D eigenvalue weighted by molar-refractivity contribution is 0.112. The van der Waals surface area contributed by atoms with Gasteiger partial charge in [-0.3, -0.25) is 4.79 Å². The lowest BCUT2D eigenvalue weighted by Gasteiger charge is -2.04. The minimum Gasteiger partial charge on any atom is -0.298 e. The lowest BCUT2D eigenvalue weighted by Crippen LogP contribution is -2.07. The molecule has 2 heterocycles. The smallest absolute Gasteiger partial charge is 0.153 e. The van der Waals surface area contributed by atoms with Crippen molar-refractivity contribution in [2.24, 2.45) is 0 Å². The monoisotopic (exact) mass is 225 g/mol. The highest BCUT2D eigenvalue weighted by Gasteiger charge is 2.04. The fraction of sp³-hybridized carbons (Fsp3) is 0.0769. The average molecular weight is 225 g/mol. The molecule has 0 N–H and O–H groups in total. The average Bonchev–Trinajstić information content (AvgIpc) is 2.93. The second-order valence-electron chi connectivity index (χ2n) is 4.03. The van der Waals surface area contributed by atoms with Crippen molar-refractivity contribution in [1.82, 2.24) is 14.6 Å². The van der Waals surface area contributed by atoms with Crippen molar-refractivity contribution < 1.29 is 4.79 Å². The van der Waals surface area contributed by atoms with Gasteiger partial charge in [0.05, 0.1) is 23.5 Å². The van der Waals surface area contributed by atoms with Crippen LogP contribution in [0, 0.1) is 6.92 Å². The number of carbonyl (C=O) groups is 1. The number of aromatic nitrogens is 3. The zero-order chi connectivity index (χ0) is 11.8. The molecule has 0 bridgehead atoms. The van der Waals surface area contributed by atoms with E-state index in [1.165, 1.54) is 5.56 Å². The van der Waals surface area contributed by atoms with Crippen molar-refractivity contribution in [3.63, 3.8) is 0 Å². The number of fused-ring (bicyclic) bond motifs is 1. The molecule has 0 unspecified atom stereocenters. The van der Waals surface area contributed by atoms with E-state index >= 15 is 0 Å². The number of hydrogen-bond donors (Lipinski definition) is 0. The maximum Gasteiger partial charge on any atom is 0.153 e. The Balaban J connectivity index is 2.20. The molecule has 4 heteroatoms. The van der Waals surface area contributed by atoms with Gasteiger partial charge in [0.15, 0.2) is 6.29 Å². The van der Waals surface area contributed by atoms with E-state index in [1.807, 2.05) is 23.0 Å². The first-order valence-electron chi connectivity index (χ1n) is 5.36. The van der Waals surface area contributed by atoms with Crippen LogP contribution < -0.4 is 0 Å². The van der Waals surface area contributed by atoms with Gasteiger partial charge < -0.3 is 0 Å². The van der Waals surface area contributed by atoms with Crippen LogP contribution in [0.25, 0.3) is 10.9 Å². The molecule has 0 amide bonds. The third kappa shape index (κ3) is 1.54. The van der Waals surface area contributed by atoms with E-state index in [-0.39, 0.29) is 0 Å². The van der Waals surface area contributed by atoms with Gasteiger partial charge in [-0.05, 0) is 25.1 Å². The second kappa shape index (κ2) is 3.59. The predicted octanol–water partition coefficient (Wildman–Crippen LogP) is 2.27. The molecule has 0 radical (unpaired) electrons. The van der Waals surface area contributed by atoms with Crippen LogP contribution in [0.5, 0.6) is 0 Å². The third-order valence-corrected chi connectivity index (χ3v) is 2.77. The van der Waals surface area contributed by atoms with Crippen molar-refractivity contribution >= 4 is 17.2 Å². The number of aldehydes is 1. The molecule has 3 aromatic rings. The minimum atomic E-state index is 0.568. The number of rotatable bonds is 2. The highest BCUT2D eigenvalue weighted by Crippen LogP contribution is 2.17. The Bertz CT molecular complexity index is 694. The van der Waals surface area contributed by atoms with Gasteiger partial charge >= 0.3 is 0 Å². The number of carbonyl (C=O) groups excluding carboxylic acids is 1. The first kappa shape index (κ1) is 9.84. The van der Waals surface area contributed by atoms with Crippen LogP contribution >= 0.6 is 0 Å². The summed E-state index contributed by atoms with van der Waals surface area (Å²) >= 11 is 0. The molecule has 2 aromatic heterocycles. The third-order valence-electron chi connectivity index (χ3n) is 2.77. The van der Waals surface area contributed by atoms with Crippen LogP contribution in [0.1, 0.15) is 15.9 Å². The maximum absolute atomic E-state index is 10.6. The van der Waals surface area contributed by atoms with Crippen LogP contribution in [0.15, 0.2) is 42.9 Å². The standard InChI is InChI=1S/C13H11N3O/c1-10-2-3-13-12(6-10)4-5-15(13)16-8-11(9-17)7-14-16/h2-9H,1H3. The second-order valence-corrected chi connectivity index (χ2v) is 4.03. The van der Waals surface area contributed by atoms with E-state index in [9.17, 15) is 4.79 Å². The zero-order valence-electron chi connectivity index (χ0n) is 9.37. The summed E-state index contributed by atoms with van der Waals surface area (Å²) in [6.07, 6.45) is 5.98. The first-order valence-corrected chi connectivity index (χ1v) is 5.36. The molecule has 1 aromatic carbocycles. The minimum absolute atomic E-state index is 0.568. The Labute approximate surface area is 98.1 Å². The molecule has 3 rings (SSSR count). The summed E-state index contributed by atoms with van der Waals surface area (Å²) < 4.78 is 1.90. The van der Waals surface area contributed by atoms with Crippen LogP contribution in [0.3, 0.4) is 0 Å². The largest absolute Gasteiger partial charge is 0.298 e. The van der Waals surface area contributed by atoms with Crippen molar-refractivity contribution in [3.8, 4) is 0 Å². The van der Waals surface area contributed by atoms with Crippen LogP contribution in [-0.4, -0.2) is 20.9 Å². The molecule has 0 atom stereocenters. The van der Waals surface area contributed by atoms with Gasteiger partial charge in [0.2, 0.25) is 0 Å². The molecular formula is C13H11N3O. The molecular weight excluding hydrogens is 214 g/mol. The summed E-state index contributed by atoms with van der Waals surface area (Å²) in [6, 6.07) is 8.26. The van der Waals surface area contributed by atoms with Gasteiger partial charge in [-0.1, -0.05) is 11.6 Å². The first-order chi connectivity index (χ1) is 8.28. The summed E-state index contributed by atoms with van der Waals surface area (Å²) in [5.74, 6) is 0. The Morgan fingerprint density at radius 1 is 1.29 bits per heavy atom. The number of benzene rings is 1. The molecule has 0 aliphatic heterocycles. The Morgan fingerprint density at radius 2 is 2.18 bits per heavy atom. The number of hydrogen-bond acceptors (Lipinski definition) is 2. The van der Waals surface area contributed by atoms with Crippen molar-refractivity contribution in [3.05, 3.63) is 54.0 Å². The molecule has 0 saturated carbocycles. The summed E-state index contributed by atoms with van der Waals surface area (Å²) in [7, 11) is 0. The topological polar surface area (TPSA) is 39.8 Å². The van der Waals surface area contributed by atoms with Gasteiger partial charge in [0.25, 0.3) is 0 Å². The van der Waals surface area contributed by atoms with E-state index in [4.69, 9.17) is 0 Å². The Kier molecular flexibility index (Phi) is 2.08. The van der Waals surface area contributed by atoms with E-state index in [0.29, 0.717) is 5.56 Å². The molecule has 0 aliphatic rings.